The summed E-state index contributed by atoms with van der Waals surface area (Å²) < 4.78 is 32.7. The van der Waals surface area contributed by atoms with Crippen LogP contribution in [0.25, 0.3) is 10.9 Å². The number of aromatic nitrogens is 1. The van der Waals surface area contributed by atoms with Gasteiger partial charge in [0.25, 0.3) is 21.6 Å². The van der Waals surface area contributed by atoms with Crippen LogP contribution in [0.2, 0.25) is 5.15 Å². The number of hydrazone groups is 1. The molecule has 13 heteroatoms. The Morgan fingerprint density at radius 2 is 1.84 bits per heavy atom. The molecule has 3 aromatic carbocycles. The average molecular weight is 554 g/mol. The Balaban J connectivity index is 1.60. The highest BCUT2D eigenvalue weighted by atomic mass is 35.5. The maximum Gasteiger partial charge on any atom is 0.293 e. The van der Waals surface area contributed by atoms with Gasteiger partial charge in [0.05, 0.1) is 28.7 Å². The molecule has 4 rings (SSSR count). The van der Waals surface area contributed by atoms with Crippen LogP contribution in [0.5, 0.6) is 5.75 Å². The third-order valence-electron chi connectivity index (χ3n) is 5.36. The van der Waals surface area contributed by atoms with Crippen LogP contribution in [0.15, 0.2) is 88.9 Å². The molecule has 0 fully saturated rings. The number of para-hydroxylation sites is 2. The van der Waals surface area contributed by atoms with Gasteiger partial charge in [-0.25, -0.2) is 23.1 Å². The number of fused-ring (bicyclic) bond motifs is 1. The highest BCUT2D eigenvalue weighted by Crippen LogP contribution is 2.32. The molecule has 0 saturated heterocycles. The first-order chi connectivity index (χ1) is 18.2. The van der Waals surface area contributed by atoms with Crippen molar-refractivity contribution in [3.05, 3.63) is 99.7 Å². The predicted octanol–water partition coefficient (Wildman–Crippen LogP) is 4.15. The van der Waals surface area contributed by atoms with Crippen LogP contribution in [-0.4, -0.2) is 44.1 Å². The molecule has 0 aliphatic heterocycles. The smallest absolute Gasteiger partial charge is 0.293 e. The number of rotatable bonds is 9. The standard InChI is InChI=1S/C25H20ClN5O6S/c1-37-19-12-11-17-13-18(25(26)28-21(17)14-19)15-27-29-24(32)16-30(22-9-5-6-10-23(22)31(33)34)38(35,36)20-7-3-2-4-8-20/h2-15H,16H2,1H3,(H,29,32)/b27-15+. The van der Waals surface area contributed by atoms with Gasteiger partial charge in [-0.05, 0) is 36.4 Å². The van der Waals surface area contributed by atoms with Gasteiger partial charge in [-0.1, -0.05) is 41.9 Å². The van der Waals surface area contributed by atoms with E-state index in [0.29, 0.717) is 21.1 Å². The molecule has 0 aliphatic carbocycles. The van der Waals surface area contributed by atoms with E-state index < -0.39 is 33.1 Å². The Bertz CT molecular complexity index is 1650. The Labute approximate surface area is 222 Å². The molecule has 0 bridgehead atoms. The molecule has 1 N–H and O–H groups in total. The quantitative estimate of drug-likeness (QED) is 0.142. The number of benzene rings is 3. The first-order valence-corrected chi connectivity index (χ1v) is 12.8. The van der Waals surface area contributed by atoms with Crippen LogP contribution in [-0.2, 0) is 14.8 Å². The number of nitro groups is 1. The molecule has 0 aliphatic rings. The van der Waals surface area contributed by atoms with Crippen LogP contribution in [0.4, 0.5) is 11.4 Å². The van der Waals surface area contributed by atoms with E-state index in [1.807, 2.05) is 0 Å². The Morgan fingerprint density at radius 1 is 1.13 bits per heavy atom. The van der Waals surface area contributed by atoms with Crippen LogP contribution in [0.1, 0.15) is 5.56 Å². The Kier molecular flexibility index (Phi) is 7.84. The van der Waals surface area contributed by atoms with Gasteiger partial charge >= 0.3 is 0 Å². The largest absolute Gasteiger partial charge is 0.497 e. The van der Waals surface area contributed by atoms with Gasteiger partial charge in [0.2, 0.25) is 0 Å². The molecule has 194 valence electrons. The molecule has 4 aromatic rings. The maximum absolute atomic E-state index is 13.4. The van der Waals surface area contributed by atoms with Gasteiger partial charge in [0, 0.05) is 23.1 Å². The maximum atomic E-state index is 13.4. The molecule has 1 amide bonds. The lowest BCUT2D eigenvalue weighted by Gasteiger charge is -2.23. The molecule has 1 aromatic heterocycles. The second kappa shape index (κ2) is 11.2. The highest BCUT2D eigenvalue weighted by molar-refractivity contribution is 7.92. The fraction of sp³-hybridized carbons (Fsp3) is 0.0800. The molecule has 0 radical (unpaired) electrons. The van der Waals surface area contributed by atoms with E-state index >= 15 is 0 Å². The average Bonchev–Trinajstić information content (AvgIpc) is 2.92. The van der Waals surface area contributed by atoms with E-state index in [-0.39, 0.29) is 15.7 Å². The number of carbonyl (C=O) groups is 1. The number of nitrogens with one attached hydrogen (secondary N) is 1. The summed E-state index contributed by atoms with van der Waals surface area (Å²) in [6, 6.07) is 19.5. The van der Waals surface area contributed by atoms with E-state index in [9.17, 15) is 23.3 Å². The first-order valence-electron chi connectivity index (χ1n) is 11.0. The normalized spacial score (nSPS) is 11.4. The Morgan fingerprint density at radius 3 is 2.55 bits per heavy atom. The zero-order chi connectivity index (χ0) is 27.3. The molecule has 0 spiro atoms. The summed E-state index contributed by atoms with van der Waals surface area (Å²) in [6.07, 6.45) is 1.26. The zero-order valence-electron chi connectivity index (χ0n) is 19.8. The van der Waals surface area contributed by atoms with E-state index in [1.165, 1.54) is 55.8 Å². The summed E-state index contributed by atoms with van der Waals surface area (Å²) in [7, 11) is -2.81. The van der Waals surface area contributed by atoms with Gasteiger partial charge in [0.1, 0.15) is 23.1 Å². The number of hydrogen-bond donors (Lipinski definition) is 1. The fourth-order valence-electron chi connectivity index (χ4n) is 3.55. The molecule has 0 saturated carbocycles. The minimum absolute atomic E-state index is 0.122. The van der Waals surface area contributed by atoms with Crippen molar-refractivity contribution >= 4 is 56.0 Å². The minimum Gasteiger partial charge on any atom is -0.497 e. The van der Waals surface area contributed by atoms with Crippen molar-refractivity contribution in [2.24, 2.45) is 5.10 Å². The molecule has 0 atom stereocenters. The van der Waals surface area contributed by atoms with Crippen molar-refractivity contribution in [2.45, 2.75) is 4.90 Å². The highest BCUT2D eigenvalue weighted by Gasteiger charge is 2.31. The molecular weight excluding hydrogens is 534 g/mol. The third kappa shape index (κ3) is 5.71. The SMILES string of the molecule is COc1ccc2cc(/C=N/NC(=O)CN(c3ccccc3[N+](=O)[O-])S(=O)(=O)c3ccccc3)c(Cl)nc2c1. The summed E-state index contributed by atoms with van der Waals surface area (Å²) in [5.41, 5.74) is 2.50. The predicted molar refractivity (Wildman–Crippen MR) is 143 cm³/mol. The molecule has 38 heavy (non-hydrogen) atoms. The summed E-state index contributed by atoms with van der Waals surface area (Å²) >= 11 is 6.25. The monoisotopic (exact) mass is 553 g/mol. The van der Waals surface area contributed by atoms with E-state index in [1.54, 1.807) is 30.3 Å². The summed E-state index contributed by atoms with van der Waals surface area (Å²) in [5.74, 6) is -0.225. The Hall–Kier alpha value is -4.55. The number of pyridine rings is 1. The van der Waals surface area contributed by atoms with Crippen molar-refractivity contribution in [1.82, 2.24) is 10.4 Å². The second-order valence-corrected chi connectivity index (χ2v) is 10.0. The van der Waals surface area contributed by atoms with Crippen molar-refractivity contribution in [1.29, 1.82) is 0 Å². The van der Waals surface area contributed by atoms with E-state index in [2.05, 4.69) is 15.5 Å². The number of carbonyl (C=O) groups excluding carboxylic acids is 1. The van der Waals surface area contributed by atoms with Crippen LogP contribution < -0.4 is 14.5 Å². The molecule has 11 nitrogen and oxygen atoms in total. The van der Waals surface area contributed by atoms with Crippen LogP contribution >= 0.6 is 11.6 Å². The number of hydrogen-bond acceptors (Lipinski definition) is 8. The molecule has 1 heterocycles. The zero-order valence-corrected chi connectivity index (χ0v) is 21.4. The van der Waals surface area contributed by atoms with Crippen molar-refractivity contribution in [3.8, 4) is 5.75 Å². The van der Waals surface area contributed by atoms with Crippen molar-refractivity contribution in [2.75, 3.05) is 18.0 Å². The van der Waals surface area contributed by atoms with E-state index in [0.717, 1.165) is 11.5 Å². The van der Waals surface area contributed by atoms with Crippen LogP contribution in [0.3, 0.4) is 0 Å². The number of methoxy groups -OCH3 is 1. The van der Waals surface area contributed by atoms with Crippen LogP contribution in [0, 0.1) is 10.1 Å². The topological polar surface area (TPSA) is 144 Å². The molecular formula is C25H20ClN5O6S. The lowest BCUT2D eigenvalue weighted by atomic mass is 10.1. The fourth-order valence-corrected chi connectivity index (χ4v) is 5.20. The third-order valence-corrected chi connectivity index (χ3v) is 7.44. The van der Waals surface area contributed by atoms with E-state index in [4.69, 9.17) is 16.3 Å². The van der Waals surface area contributed by atoms with Gasteiger partial charge in [-0.15, -0.1) is 0 Å². The van der Waals surface area contributed by atoms with Crippen molar-refractivity contribution < 1.29 is 22.9 Å². The number of ether oxygens (including phenoxy) is 1. The number of halogens is 1. The van der Waals surface area contributed by atoms with Gasteiger partial charge < -0.3 is 4.74 Å². The van der Waals surface area contributed by atoms with Gasteiger partial charge in [0.15, 0.2) is 0 Å². The number of nitro benzene ring substituents is 1. The minimum atomic E-state index is -4.34. The summed E-state index contributed by atoms with van der Waals surface area (Å²) in [6.45, 7) is -0.775. The first kappa shape index (κ1) is 26.5. The lowest BCUT2D eigenvalue weighted by Crippen LogP contribution is -2.39. The summed E-state index contributed by atoms with van der Waals surface area (Å²) in [4.78, 5) is 27.8. The second-order valence-electron chi connectivity index (χ2n) is 7.79. The van der Waals surface area contributed by atoms with Gasteiger partial charge in [-0.3, -0.25) is 14.9 Å². The number of sulfonamides is 1. The van der Waals surface area contributed by atoms with Crippen molar-refractivity contribution in [3.63, 3.8) is 0 Å². The van der Waals surface area contributed by atoms with Gasteiger partial charge in [-0.2, -0.15) is 5.10 Å². The number of nitrogens with zero attached hydrogens (tertiary/aromatic N) is 4. The summed E-state index contributed by atoms with van der Waals surface area (Å²) in [5, 5.41) is 16.3. The lowest BCUT2D eigenvalue weighted by molar-refractivity contribution is -0.384. The number of amides is 1. The molecule has 0 unspecified atom stereocenters. The number of anilines is 1.